The lowest BCUT2D eigenvalue weighted by atomic mass is 10.1. The van der Waals surface area contributed by atoms with Crippen LogP contribution in [0.5, 0.6) is 0 Å². The Morgan fingerprint density at radius 3 is 2.31 bits per heavy atom. The number of rotatable bonds is 4. The van der Waals surface area contributed by atoms with Crippen LogP contribution in [0.2, 0.25) is 0 Å². The first-order valence-electron chi connectivity index (χ1n) is 13.1. The van der Waals surface area contributed by atoms with Crippen molar-refractivity contribution < 1.29 is 27.1 Å². The van der Waals surface area contributed by atoms with Gasteiger partial charge in [0.15, 0.2) is 0 Å². The van der Waals surface area contributed by atoms with Gasteiger partial charge in [-0.05, 0) is 62.6 Å². The van der Waals surface area contributed by atoms with Crippen molar-refractivity contribution in [3.05, 3.63) is 65.6 Å². The molecular weight excluding hydrogens is 514 g/mol. The van der Waals surface area contributed by atoms with E-state index < -0.39 is 11.7 Å². The minimum Gasteiger partial charge on any atom is -0.446 e. The molecule has 0 spiro atoms. The fourth-order valence-electron chi connectivity index (χ4n) is 5.44. The molecule has 1 aromatic heterocycles. The van der Waals surface area contributed by atoms with Crippen LogP contribution in [0, 0.1) is 5.82 Å². The van der Waals surface area contributed by atoms with E-state index in [1.54, 1.807) is 17.0 Å². The second kappa shape index (κ2) is 11.0. The van der Waals surface area contributed by atoms with Gasteiger partial charge in [0.25, 0.3) is 0 Å². The van der Waals surface area contributed by atoms with E-state index in [-0.39, 0.29) is 35.6 Å². The van der Waals surface area contributed by atoms with Gasteiger partial charge in [0, 0.05) is 32.7 Å². The zero-order valence-corrected chi connectivity index (χ0v) is 21.9. The molecule has 11 heteroatoms. The SMILES string of the molecule is C[C@@H]1CN(c2cnc3cc(C(F)(F)F)ccc3n2)C[C@H](C)N1C(=O)OC1CCN(Cc2ccc(F)cc2)CC1. The molecule has 5 rings (SSSR count). The molecule has 0 N–H and O–H groups in total. The Hall–Kier alpha value is -3.47. The van der Waals surface area contributed by atoms with Crippen molar-refractivity contribution >= 4 is 22.9 Å². The molecule has 2 aliphatic rings. The normalized spacial score (nSPS) is 21.4. The van der Waals surface area contributed by atoms with Crippen LogP contribution >= 0.6 is 0 Å². The van der Waals surface area contributed by atoms with Gasteiger partial charge in [-0.3, -0.25) is 14.8 Å². The smallest absolute Gasteiger partial charge is 0.416 e. The number of nitrogens with zero attached hydrogens (tertiary/aromatic N) is 5. The van der Waals surface area contributed by atoms with Crippen LogP contribution < -0.4 is 4.90 Å². The van der Waals surface area contributed by atoms with Crippen molar-refractivity contribution in [2.24, 2.45) is 0 Å². The number of piperidine rings is 1. The highest BCUT2D eigenvalue weighted by atomic mass is 19.4. The average Bonchev–Trinajstić information content (AvgIpc) is 2.89. The fourth-order valence-corrected chi connectivity index (χ4v) is 5.44. The number of fused-ring (bicyclic) bond motifs is 1. The zero-order valence-electron chi connectivity index (χ0n) is 21.9. The molecule has 2 aromatic carbocycles. The summed E-state index contributed by atoms with van der Waals surface area (Å²) in [6.45, 7) is 7.20. The van der Waals surface area contributed by atoms with E-state index >= 15 is 0 Å². The predicted molar refractivity (Wildman–Crippen MR) is 139 cm³/mol. The van der Waals surface area contributed by atoms with E-state index in [9.17, 15) is 22.4 Å². The molecule has 2 saturated heterocycles. The van der Waals surface area contributed by atoms with Gasteiger partial charge in [-0.1, -0.05) is 12.1 Å². The Balaban J connectivity index is 1.16. The third-order valence-corrected chi connectivity index (χ3v) is 7.43. The standard InChI is InChI=1S/C28H31F4N5O2/c1-18-15-36(26-14-33-25-13-21(28(30,31)32)5-8-24(25)34-26)16-19(2)37(18)27(38)39-23-9-11-35(12-10-23)17-20-3-6-22(29)7-4-20/h3-8,13-14,18-19,23H,9-12,15-17H2,1-2H3/t18-,19+. The number of piperazine rings is 1. The number of alkyl halides is 3. The summed E-state index contributed by atoms with van der Waals surface area (Å²) in [5.74, 6) is 0.310. The van der Waals surface area contributed by atoms with Crippen LogP contribution in [0.1, 0.15) is 37.8 Å². The maximum atomic E-state index is 13.1. The number of anilines is 1. The van der Waals surface area contributed by atoms with E-state index in [2.05, 4.69) is 14.9 Å². The highest BCUT2D eigenvalue weighted by molar-refractivity contribution is 5.76. The number of carbonyl (C=O) groups is 1. The zero-order chi connectivity index (χ0) is 27.7. The second-order valence-corrected chi connectivity index (χ2v) is 10.4. The molecule has 0 radical (unpaired) electrons. The summed E-state index contributed by atoms with van der Waals surface area (Å²) in [7, 11) is 0. The summed E-state index contributed by atoms with van der Waals surface area (Å²) in [5.41, 5.74) is 0.855. The number of ether oxygens (including phenoxy) is 1. The number of halogens is 4. The third-order valence-electron chi connectivity index (χ3n) is 7.43. The monoisotopic (exact) mass is 545 g/mol. The van der Waals surface area contributed by atoms with Gasteiger partial charge in [-0.25, -0.2) is 14.2 Å². The van der Waals surface area contributed by atoms with Crippen LogP contribution in [-0.2, 0) is 17.5 Å². The molecule has 2 aliphatic heterocycles. The third kappa shape index (κ3) is 6.24. The van der Waals surface area contributed by atoms with Crippen molar-refractivity contribution in [3.8, 4) is 0 Å². The minimum absolute atomic E-state index is 0.160. The Morgan fingerprint density at radius 2 is 1.67 bits per heavy atom. The summed E-state index contributed by atoms with van der Waals surface area (Å²) >= 11 is 0. The van der Waals surface area contributed by atoms with Crippen LogP contribution in [0.3, 0.4) is 0 Å². The van der Waals surface area contributed by atoms with Crippen LogP contribution in [0.25, 0.3) is 11.0 Å². The topological polar surface area (TPSA) is 61.8 Å². The second-order valence-electron chi connectivity index (χ2n) is 10.4. The maximum Gasteiger partial charge on any atom is 0.416 e. The Morgan fingerprint density at radius 1 is 1.00 bits per heavy atom. The number of aromatic nitrogens is 2. The quantitative estimate of drug-likeness (QED) is 0.405. The highest BCUT2D eigenvalue weighted by Gasteiger charge is 2.36. The summed E-state index contributed by atoms with van der Waals surface area (Å²) < 4.78 is 58.1. The Labute approximate surface area is 224 Å². The summed E-state index contributed by atoms with van der Waals surface area (Å²) in [5, 5.41) is 0. The molecule has 208 valence electrons. The first-order chi connectivity index (χ1) is 18.6. The molecular formula is C28H31F4N5O2. The number of hydrogen-bond acceptors (Lipinski definition) is 6. The minimum atomic E-state index is -4.44. The molecule has 7 nitrogen and oxygen atoms in total. The van der Waals surface area contributed by atoms with Gasteiger partial charge in [-0.2, -0.15) is 13.2 Å². The van der Waals surface area contributed by atoms with E-state index in [0.29, 0.717) is 24.4 Å². The number of carbonyl (C=O) groups excluding carboxylic acids is 1. The molecule has 3 heterocycles. The van der Waals surface area contributed by atoms with Crippen molar-refractivity contribution in [2.75, 3.05) is 31.1 Å². The molecule has 0 unspecified atom stereocenters. The first-order valence-corrected chi connectivity index (χ1v) is 13.1. The molecule has 3 aromatic rings. The summed E-state index contributed by atoms with van der Waals surface area (Å²) in [4.78, 5) is 27.9. The van der Waals surface area contributed by atoms with Gasteiger partial charge >= 0.3 is 12.3 Å². The van der Waals surface area contributed by atoms with E-state index in [1.165, 1.54) is 24.4 Å². The lowest BCUT2D eigenvalue weighted by molar-refractivity contribution is -0.137. The van der Waals surface area contributed by atoms with Crippen LogP contribution in [-0.4, -0.2) is 70.2 Å². The van der Waals surface area contributed by atoms with Gasteiger partial charge in [0.1, 0.15) is 17.7 Å². The summed E-state index contributed by atoms with van der Waals surface area (Å²) in [6.07, 6.45) is -1.99. The summed E-state index contributed by atoms with van der Waals surface area (Å²) in [6, 6.07) is 9.52. The largest absolute Gasteiger partial charge is 0.446 e. The number of amides is 1. The van der Waals surface area contributed by atoms with E-state index in [0.717, 1.165) is 50.2 Å². The molecule has 39 heavy (non-hydrogen) atoms. The van der Waals surface area contributed by atoms with Crippen molar-refractivity contribution in [2.45, 2.75) is 57.6 Å². The average molecular weight is 546 g/mol. The molecule has 0 saturated carbocycles. The Bertz CT molecular complexity index is 1300. The number of hydrogen-bond donors (Lipinski definition) is 0. The number of benzene rings is 2. The van der Waals surface area contributed by atoms with Crippen LogP contribution in [0.15, 0.2) is 48.7 Å². The highest BCUT2D eigenvalue weighted by Crippen LogP contribution is 2.31. The molecule has 0 aliphatic carbocycles. The fraction of sp³-hybridized carbons (Fsp3) is 0.464. The van der Waals surface area contributed by atoms with E-state index in [4.69, 9.17) is 4.74 Å². The van der Waals surface area contributed by atoms with Gasteiger partial charge in [-0.15, -0.1) is 0 Å². The van der Waals surface area contributed by atoms with Crippen molar-refractivity contribution in [3.63, 3.8) is 0 Å². The van der Waals surface area contributed by atoms with Gasteiger partial charge in [0.2, 0.25) is 0 Å². The lowest BCUT2D eigenvalue weighted by Crippen LogP contribution is -2.59. The molecule has 0 bridgehead atoms. The van der Waals surface area contributed by atoms with Crippen LogP contribution in [0.4, 0.5) is 28.2 Å². The van der Waals surface area contributed by atoms with E-state index in [1.807, 2.05) is 18.7 Å². The van der Waals surface area contributed by atoms with Gasteiger partial charge in [0.05, 0.1) is 34.9 Å². The van der Waals surface area contributed by atoms with Crippen molar-refractivity contribution in [1.82, 2.24) is 19.8 Å². The predicted octanol–water partition coefficient (Wildman–Crippen LogP) is 5.49. The maximum absolute atomic E-state index is 13.1. The molecule has 1 amide bonds. The van der Waals surface area contributed by atoms with Gasteiger partial charge < -0.3 is 9.64 Å². The first kappa shape index (κ1) is 27.1. The number of likely N-dealkylation sites (tertiary alicyclic amines) is 1. The van der Waals surface area contributed by atoms with Crippen molar-refractivity contribution in [1.29, 1.82) is 0 Å². The Kier molecular flexibility index (Phi) is 7.61. The molecule has 2 fully saturated rings. The lowest BCUT2D eigenvalue weighted by Gasteiger charge is -2.44. The molecule has 2 atom stereocenters.